The average Bonchev–Trinajstić information content (AvgIpc) is 2.56. The molecule has 2 atom stereocenters. The number of amides is 1. The van der Waals surface area contributed by atoms with E-state index < -0.39 is 5.60 Å². The highest BCUT2D eigenvalue weighted by atomic mass is 16.6. The standard InChI is InChI=1S/C19H30N4O3/c1-13-10-17(21-20-14(13)2)22-8-5-6-15(12-22)23-9-7-16(26-18(23)24)11-19(3,4)25/h10,15-16,25H,5-9,11-12H2,1-4H3. The molecule has 2 saturated heterocycles. The fraction of sp³-hybridized carbons (Fsp3) is 0.737. The Hall–Kier alpha value is -1.89. The Labute approximate surface area is 155 Å². The first-order chi connectivity index (χ1) is 12.2. The molecule has 1 aromatic heterocycles. The molecule has 1 amide bonds. The highest BCUT2D eigenvalue weighted by Gasteiger charge is 2.36. The summed E-state index contributed by atoms with van der Waals surface area (Å²) in [4.78, 5) is 16.6. The van der Waals surface area contributed by atoms with E-state index in [-0.39, 0.29) is 18.2 Å². The number of aromatic nitrogens is 2. The van der Waals surface area contributed by atoms with E-state index in [1.165, 1.54) is 0 Å². The van der Waals surface area contributed by atoms with Gasteiger partial charge in [-0.3, -0.25) is 0 Å². The van der Waals surface area contributed by atoms with E-state index in [0.717, 1.165) is 49.4 Å². The average molecular weight is 362 g/mol. The van der Waals surface area contributed by atoms with Gasteiger partial charge in [0.15, 0.2) is 5.82 Å². The summed E-state index contributed by atoms with van der Waals surface area (Å²) in [5, 5.41) is 18.5. The van der Waals surface area contributed by atoms with Crippen LogP contribution in [0.2, 0.25) is 0 Å². The molecule has 2 fully saturated rings. The van der Waals surface area contributed by atoms with Crippen molar-refractivity contribution in [2.24, 2.45) is 0 Å². The Bertz CT molecular complexity index is 659. The quantitative estimate of drug-likeness (QED) is 0.886. The summed E-state index contributed by atoms with van der Waals surface area (Å²) in [5.41, 5.74) is 1.25. The smallest absolute Gasteiger partial charge is 0.410 e. The van der Waals surface area contributed by atoms with Crippen LogP contribution in [0.25, 0.3) is 0 Å². The first kappa shape index (κ1) is 18.9. The van der Waals surface area contributed by atoms with Crippen LogP contribution in [0.5, 0.6) is 0 Å². The lowest BCUT2D eigenvalue weighted by Gasteiger charge is -2.42. The zero-order chi connectivity index (χ0) is 18.9. The van der Waals surface area contributed by atoms with Crippen molar-refractivity contribution >= 4 is 11.9 Å². The molecule has 3 rings (SSSR count). The van der Waals surface area contributed by atoms with Gasteiger partial charge in [0, 0.05) is 32.5 Å². The molecular formula is C19H30N4O3. The Balaban J connectivity index is 1.63. The molecule has 0 aromatic carbocycles. The number of anilines is 1. The predicted molar refractivity (Wildman–Crippen MR) is 99.2 cm³/mol. The number of carbonyl (C=O) groups excluding carboxylic acids is 1. The van der Waals surface area contributed by atoms with Gasteiger partial charge in [0.25, 0.3) is 0 Å². The number of ether oxygens (including phenoxy) is 1. The van der Waals surface area contributed by atoms with Gasteiger partial charge in [-0.05, 0) is 52.2 Å². The normalized spacial score (nSPS) is 24.6. The molecule has 0 saturated carbocycles. The number of cyclic esters (lactones) is 1. The molecule has 0 aliphatic carbocycles. The fourth-order valence-corrected chi connectivity index (χ4v) is 3.78. The molecule has 2 unspecified atom stereocenters. The topological polar surface area (TPSA) is 78.8 Å². The third kappa shape index (κ3) is 4.44. The van der Waals surface area contributed by atoms with Crippen molar-refractivity contribution in [2.75, 3.05) is 24.5 Å². The number of rotatable bonds is 4. The molecule has 0 bridgehead atoms. The number of carbonyl (C=O) groups is 1. The molecule has 26 heavy (non-hydrogen) atoms. The third-order valence-electron chi connectivity index (χ3n) is 5.30. The number of hydrogen-bond acceptors (Lipinski definition) is 6. The van der Waals surface area contributed by atoms with Gasteiger partial charge in [0.05, 0.1) is 17.3 Å². The summed E-state index contributed by atoms with van der Waals surface area (Å²) in [6.07, 6.45) is 2.75. The summed E-state index contributed by atoms with van der Waals surface area (Å²) < 4.78 is 5.58. The van der Waals surface area contributed by atoms with Crippen molar-refractivity contribution < 1.29 is 14.6 Å². The first-order valence-electron chi connectivity index (χ1n) is 9.48. The van der Waals surface area contributed by atoms with E-state index in [1.54, 1.807) is 13.8 Å². The molecule has 7 nitrogen and oxygen atoms in total. The van der Waals surface area contributed by atoms with Gasteiger partial charge in [0.2, 0.25) is 0 Å². The Morgan fingerprint density at radius 1 is 1.27 bits per heavy atom. The Morgan fingerprint density at radius 3 is 2.69 bits per heavy atom. The van der Waals surface area contributed by atoms with E-state index in [4.69, 9.17) is 4.74 Å². The van der Waals surface area contributed by atoms with Crippen LogP contribution in [-0.4, -0.2) is 63.7 Å². The van der Waals surface area contributed by atoms with Gasteiger partial charge >= 0.3 is 6.09 Å². The lowest BCUT2D eigenvalue weighted by molar-refractivity contribution is -0.0327. The van der Waals surface area contributed by atoms with Crippen LogP contribution in [-0.2, 0) is 4.74 Å². The maximum atomic E-state index is 12.5. The molecule has 144 valence electrons. The minimum Gasteiger partial charge on any atom is -0.446 e. The maximum Gasteiger partial charge on any atom is 0.410 e. The molecule has 1 N–H and O–H groups in total. The minimum absolute atomic E-state index is 0.128. The van der Waals surface area contributed by atoms with Crippen LogP contribution in [0.15, 0.2) is 6.07 Å². The van der Waals surface area contributed by atoms with Crippen LogP contribution in [0.4, 0.5) is 10.6 Å². The largest absolute Gasteiger partial charge is 0.446 e. The van der Waals surface area contributed by atoms with E-state index in [2.05, 4.69) is 21.2 Å². The molecule has 2 aliphatic heterocycles. The number of hydrogen-bond donors (Lipinski definition) is 1. The van der Waals surface area contributed by atoms with Crippen LogP contribution in [0.1, 0.15) is 50.8 Å². The van der Waals surface area contributed by atoms with E-state index in [0.29, 0.717) is 13.0 Å². The summed E-state index contributed by atoms with van der Waals surface area (Å²) >= 11 is 0. The van der Waals surface area contributed by atoms with Crippen molar-refractivity contribution in [1.29, 1.82) is 0 Å². The summed E-state index contributed by atoms with van der Waals surface area (Å²) in [6.45, 7) is 9.85. The lowest BCUT2D eigenvalue weighted by atomic mass is 9.97. The number of piperidine rings is 1. The predicted octanol–water partition coefficient (Wildman–Crippen LogP) is 2.43. The number of aliphatic hydroxyl groups is 1. The molecule has 1 aromatic rings. The van der Waals surface area contributed by atoms with Gasteiger partial charge in [-0.25, -0.2) is 4.79 Å². The van der Waals surface area contributed by atoms with E-state index in [1.807, 2.05) is 18.7 Å². The zero-order valence-corrected chi connectivity index (χ0v) is 16.2. The summed E-state index contributed by atoms with van der Waals surface area (Å²) in [7, 11) is 0. The SMILES string of the molecule is Cc1cc(N2CCCC(N3CCC(CC(C)(C)O)OC3=O)C2)nnc1C. The molecule has 7 heteroatoms. The van der Waals surface area contributed by atoms with Crippen LogP contribution in [0.3, 0.4) is 0 Å². The molecule has 0 spiro atoms. The molecular weight excluding hydrogens is 332 g/mol. The highest BCUT2D eigenvalue weighted by molar-refractivity contribution is 5.69. The van der Waals surface area contributed by atoms with Crippen LogP contribution < -0.4 is 4.90 Å². The van der Waals surface area contributed by atoms with Gasteiger partial charge < -0.3 is 19.6 Å². The zero-order valence-electron chi connectivity index (χ0n) is 16.2. The molecule has 2 aliphatic rings. The van der Waals surface area contributed by atoms with Gasteiger partial charge in [-0.15, -0.1) is 5.10 Å². The first-order valence-corrected chi connectivity index (χ1v) is 9.48. The maximum absolute atomic E-state index is 12.5. The Morgan fingerprint density at radius 2 is 2.04 bits per heavy atom. The fourth-order valence-electron chi connectivity index (χ4n) is 3.78. The van der Waals surface area contributed by atoms with Gasteiger partial charge in [0.1, 0.15) is 6.10 Å². The second-order valence-corrected chi connectivity index (χ2v) is 8.22. The molecule has 3 heterocycles. The van der Waals surface area contributed by atoms with E-state index in [9.17, 15) is 9.90 Å². The second kappa shape index (κ2) is 7.39. The van der Waals surface area contributed by atoms with Crippen molar-refractivity contribution in [3.8, 4) is 0 Å². The van der Waals surface area contributed by atoms with Crippen LogP contribution in [0, 0.1) is 13.8 Å². The van der Waals surface area contributed by atoms with Crippen molar-refractivity contribution in [2.45, 2.75) is 71.1 Å². The molecule has 0 radical (unpaired) electrons. The lowest BCUT2D eigenvalue weighted by Crippen LogP contribution is -2.54. The van der Waals surface area contributed by atoms with Crippen molar-refractivity contribution in [1.82, 2.24) is 15.1 Å². The van der Waals surface area contributed by atoms with E-state index >= 15 is 0 Å². The number of aryl methyl sites for hydroxylation is 2. The van der Waals surface area contributed by atoms with Gasteiger partial charge in [-0.1, -0.05) is 0 Å². The minimum atomic E-state index is -0.823. The van der Waals surface area contributed by atoms with Crippen molar-refractivity contribution in [3.63, 3.8) is 0 Å². The third-order valence-corrected chi connectivity index (χ3v) is 5.30. The Kier molecular flexibility index (Phi) is 5.37. The summed E-state index contributed by atoms with van der Waals surface area (Å²) in [5.74, 6) is 0.878. The summed E-state index contributed by atoms with van der Waals surface area (Å²) in [6, 6.07) is 2.20. The van der Waals surface area contributed by atoms with Crippen molar-refractivity contribution in [3.05, 3.63) is 17.3 Å². The highest BCUT2D eigenvalue weighted by Crippen LogP contribution is 2.27. The van der Waals surface area contributed by atoms with Crippen LogP contribution >= 0.6 is 0 Å². The second-order valence-electron chi connectivity index (χ2n) is 8.22. The monoisotopic (exact) mass is 362 g/mol. The van der Waals surface area contributed by atoms with Gasteiger partial charge in [-0.2, -0.15) is 5.10 Å². The number of nitrogens with zero attached hydrogens (tertiary/aromatic N) is 4.